The summed E-state index contributed by atoms with van der Waals surface area (Å²) in [7, 11) is 1.77. The zero-order chi connectivity index (χ0) is 18.1. The van der Waals surface area contributed by atoms with E-state index in [-0.39, 0.29) is 10.8 Å². The van der Waals surface area contributed by atoms with E-state index >= 15 is 0 Å². The van der Waals surface area contributed by atoms with Crippen LogP contribution in [0.25, 0.3) is 0 Å². The van der Waals surface area contributed by atoms with Crippen LogP contribution in [0, 0.1) is 28.6 Å². The van der Waals surface area contributed by atoms with Crippen molar-refractivity contribution in [2.45, 2.75) is 44.9 Å². The molecule has 2 spiro atoms. The minimum atomic E-state index is -0.680. The van der Waals surface area contributed by atoms with Crippen LogP contribution < -0.4 is 5.73 Å². The van der Waals surface area contributed by atoms with Gasteiger partial charge in [-0.3, -0.25) is 4.99 Å². The molecule has 1 saturated heterocycles. The van der Waals surface area contributed by atoms with E-state index in [2.05, 4.69) is 22.0 Å². The quantitative estimate of drug-likeness (QED) is 0.431. The number of aliphatic imine (C=N–C) groups is 1. The molecule has 26 heavy (non-hydrogen) atoms. The van der Waals surface area contributed by atoms with E-state index in [1.165, 1.54) is 24.8 Å². The highest BCUT2D eigenvalue weighted by Gasteiger charge is 2.72. The van der Waals surface area contributed by atoms with Crippen molar-refractivity contribution >= 4 is 11.9 Å². The number of carboxylic acids is 1. The maximum atomic E-state index is 12.1. The zero-order valence-corrected chi connectivity index (χ0v) is 15.6. The van der Waals surface area contributed by atoms with Gasteiger partial charge in [0.25, 0.3) is 0 Å². The fourth-order valence-electron chi connectivity index (χ4n) is 7.92. The molecule has 2 saturated carbocycles. The third-order valence-electron chi connectivity index (χ3n) is 8.56. The molecule has 0 amide bonds. The summed E-state index contributed by atoms with van der Waals surface area (Å²) < 4.78 is 0. The number of rotatable bonds is 1. The topological polar surface area (TPSA) is 78.9 Å². The standard InChI is InChI=1S/C21H29N3O2/c1-23-19(22)24-9-3-8-20(12-24)14-7-6-13-4-2-5-15-10-16(18(25)26)17(11-14)21(13,15)20/h2,5,13-15H,3-4,6-12H2,1H3,(H2,22,23)(H,25,26). The fourth-order valence-corrected chi connectivity index (χ4v) is 7.92. The van der Waals surface area contributed by atoms with E-state index in [1.807, 2.05) is 0 Å². The first kappa shape index (κ1) is 16.4. The van der Waals surface area contributed by atoms with Crippen LogP contribution in [0.3, 0.4) is 0 Å². The Kier molecular flexibility index (Phi) is 3.38. The van der Waals surface area contributed by atoms with Gasteiger partial charge in [0.15, 0.2) is 5.96 Å². The van der Waals surface area contributed by atoms with Gasteiger partial charge < -0.3 is 15.7 Å². The predicted molar refractivity (Wildman–Crippen MR) is 101 cm³/mol. The number of allylic oxidation sites excluding steroid dienone is 3. The van der Waals surface area contributed by atoms with E-state index < -0.39 is 5.97 Å². The van der Waals surface area contributed by atoms with Gasteiger partial charge in [0.1, 0.15) is 0 Å². The summed E-state index contributed by atoms with van der Waals surface area (Å²) in [5.74, 6) is 1.54. The Hall–Kier alpha value is -1.78. The average molecular weight is 355 g/mol. The van der Waals surface area contributed by atoms with E-state index in [0.717, 1.165) is 44.3 Å². The second kappa shape index (κ2) is 5.37. The molecule has 0 aromatic rings. The Bertz CT molecular complexity index is 754. The van der Waals surface area contributed by atoms with Crippen molar-refractivity contribution in [3.05, 3.63) is 23.3 Å². The minimum absolute atomic E-state index is 0.0606. The number of carbonyl (C=O) groups is 1. The number of nitrogens with two attached hydrogens (primary N) is 1. The van der Waals surface area contributed by atoms with E-state index in [9.17, 15) is 9.90 Å². The van der Waals surface area contributed by atoms with E-state index in [0.29, 0.717) is 23.7 Å². The molecule has 5 rings (SSSR count). The SMILES string of the molecule is CN=C(N)N1CCCC2(C1)C1CCC3CC=CC4CC(C(=O)O)=C(C1)C432. The molecule has 3 fully saturated rings. The van der Waals surface area contributed by atoms with Gasteiger partial charge in [0, 0.05) is 36.5 Å². The number of carboxylic acid groups (broad SMARTS) is 1. The summed E-state index contributed by atoms with van der Waals surface area (Å²) in [4.78, 5) is 18.6. The van der Waals surface area contributed by atoms with Gasteiger partial charge >= 0.3 is 5.97 Å². The smallest absolute Gasteiger partial charge is 0.331 e. The molecule has 1 heterocycles. The molecule has 2 bridgehead atoms. The maximum Gasteiger partial charge on any atom is 0.331 e. The Morgan fingerprint density at radius 2 is 2.15 bits per heavy atom. The summed E-state index contributed by atoms with van der Waals surface area (Å²) >= 11 is 0. The lowest BCUT2D eigenvalue weighted by atomic mass is 9.44. The monoisotopic (exact) mass is 355 g/mol. The first-order valence-corrected chi connectivity index (χ1v) is 10.1. The van der Waals surface area contributed by atoms with Gasteiger partial charge in [-0.2, -0.15) is 0 Å². The summed E-state index contributed by atoms with van der Waals surface area (Å²) in [6, 6.07) is 0. The highest BCUT2D eigenvalue weighted by Crippen LogP contribution is 2.78. The first-order chi connectivity index (χ1) is 12.5. The number of aliphatic carboxylic acids is 1. The molecule has 0 radical (unpaired) electrons. The van der Waals surface area contributed by atoms with Gasteiger partial charge in [0.2, 0.25) is 0 Å². The molecular weight excluding hydrogens is 326 g/mol. The van der Waals surface area contributed by atoms with E-state index in [4.69, 9.17) is 5.73 Å². The molecule has 0 aromatic heterocycles. The lowest BCUT2D eigenvalue weighted by Gasteiger charge is -2.62. The van der Waals surface area contributed by atoms with Crippen molar-refractivity contribution in [2.24, 2.45) is 39.3 Å². The fraction of sp³-hybridized carbons (Fsp3) is 0.714. The van der Waals surface area contributed by atoms with Crippen LogP contribution in [0.4, 0.5) is 0 Å². The van der Waals surface area contributed by atoms with Gasteiger partial charge in [-0.25, -0.2) is 4.79 Å². The van der Waals surface area contributed by atoms with Crippen molar-refractivity contribution in [3.63, 3.8) is 0 Å². The van der Waals surface area contributed by atoms with Gasteiger partial charge in [-0.05, 0) is 62.7 Å². The van der Waals surface area contributed by atoms with Crippen molar-refractivity contribution in [1.82, 2.24) is 4.90 Å². The Morgan fingerprint density at radius 3 is 2.92 bits per heavy atom. The predicted octanol–water partition coefficient (Wildman–Crippen LogP) is 2.79. The lowest BCUT2D eigenvalue weighted by Crippen LogP contribution is -2.61. The van der Waals surface area contributed by atoms with Crippen LogP contribution in [0.5, 0.6) is 0 Å². The number of piperidine rings is 1. The van der Waals surface area contributed by atoms with Crippen molar-refractivity contribution in [1.29, 1.82) is 0 Å². The summed E-state index contributed by atoms with van der Waals surface area (Å²) in [6.45, 7) is 1.93. The largest absolute Gasteiger partial charge is 0.478 e. The molecule has 4 aliphatic carbocycles. The Balaban J connectivity index is 1.70. The van der Waals surface area contributed by atoms with Crippen molar-refractivity contribution in [2.75, 3.05) is 20.1 Å². The molecular formula is C21H29N3O2. The molecule has 3 N–H and O–H groups in total. The van der Waals surface area contributed by atoms with Crippen LogP contribution in [0.2, 0.25) is 0 Å². The van der Waals surface area contributed by atoms with Gasteiger partial charge in [-0.1, -0.05) is 17.7 Å². The molecule has 5 nitrogen and oxygen atoms in total. The lowest BCUT2D eigenvalue weighted by molar-refractivity contribution is -0.132. The second-order valence-corrected chi connectivity index (χ2v) is 9.04. The van der Waals surface area contributed by atoms with Gasteiger partial charge in [0.05, 0.1) is 0 Å². The first-order valence-electron chi connectivity index (χ1n) is 10.1. The van der Waals surface area contributed by atoms with Crippen molar-refractivity contribution < 1.29 is 9.90 Å². The number of hydrogen-bond donors (Lipinski definition) is 2. The third kappa shape index (κ3) is 1.72. The van der Waals surface area contributed by atoms with Crippen LogP contribution in [-0.4, -0.2) is 42.1 Å². The second-order valence-electron chi connectivity index (χ2n) is 9.04. The number of nitrogens with zero attached hydrogens (tertiary/aromatic N) is 2. The normalized spacial score (nSPS) is 44.0. The molecule has 140 valence electrons. The van der Waals surface area contributed by atoms with Crippen molar-refractivity contribution in [3.8, 4) is 0 Å². The highest BCUT2D eigenvalue weighted by molar-refractivity contribution is 5.89. The Labute approximate surface area is 155 Å². The highest BCUT2D eigenvalue weighted by atomic mass is 16.4. The van der Waals surface area contributed by atoms with Crippen LogP contribution in [0.15, 0.2) is 28.3 Å². The molecule has 5 heteroatoms. The number of hydrogen-bond acceptors (Lipinski definition) is 2. The molecule has 1 aliphatic heterocycles. The Morgan fingerprint density at radius 1 is 1.35 bits per heavy atom. The molecule has 5 aliphatic rings. The zero-order valence-electron chi connectivity index (χ0n) is 15.6. The molecule has 5 unspecified atom stereocenters. The number of likely N-dealkylation sites (tertiary alicyclic amines) is 1. The molecule has 5 atom stereocenters. The molecule has 0 aromatic carbocycles. The summed E-state index contributed by atoms with van der Waals surface area (Å²) in [6.07, 6.45) is 12.4. The van der Waals surface area contributed by atoms with Crippen LogP contribution in [-0.2, 0) is 4.79 Å². The van der Waals surface area contributed by atoms with Crippen LogP contribution in [0.1, 0.15) is 44.9 Å². The van der Waals surface area contributed by atoms with Crippen LogP contribution >= 0.6 is 0 Å². The third-order valence-corrected chi connectivity index (χ3v) is 8.56. The van der Waals surface area contributed by atoms with E-state index in [1.54, 1.807) is 7.05 Å². The number of guanidine groups is 1. The summed E-state index contributed by atoms with van der Waals surface area (Å²) in [5.41, 5.74) is 8.52. The minimum Gasteiger partial charge on any atom is -0.478 e. The van der Waals surface area contributed by atoms with Gasteiger partial charge in [-0.15, -0.1) is 0 Å². The summed E-state index contributed by atoms with van der Waals surface area (Å²) in [5, 5.41) is 9.93. The maximum absolute atomic E-state index is 12.1. The average Bonchev–Trinajstić information content (AvgIpc) is 3.02.